The fourth-order valence-corrected chi connectivity index (χ4v) is 2.95. The highest BCUT2D eigenvalue weighted by molar-refractivity contribution is 6.31. The first-order valence-corrected chi connectivity index (χ1v) is 9.07. The van der Waals surface area contributed by atoms with Crippen LogP contribution < -0.4 is 0 Å². The van der Waals surface area contributed by atoms with E-state index in [0.717, 1.165) is 22.7 Å². The minimum absolute atomic E-state index is 0.0310. The number of hydrogen-bond acceptors (Lipinski definition) is 1. The van der Waals surface area contributed by atoms with Crippen molar-refractivity contribution in [1.82, 2.24) is 9.47 Å². The van der Waals surface area contributed by atoms with E-state index in [1.165, 1.54) is 0 Å². The number of amides is 1. The predicted molar refractivity (Wildman–Crippen MR) is 101 cm³/mol. The van der Waals surface area contributed by atoms with Gasteiger partial charge < -0.3 is 9.47 Å². The molecule has 3 nitrogen and oxygen atoms in total. The highest BCUT2D eigenvalue weighted by Crippen LogP contribution is 2.19. The topological polar surface area (TPSA) is 25.2 Å². The lowest BCUT2D eigenvalue weighted by atomic mass is 10.2. The Hall–Kier alpha value is -1.45. The highest BCUT2D eigenvalue weighted by atomic mass is 35.5. The number of aromatic nitrogens is 1. The largest absolute Gasteiger partial charge is 0.345 e. The Morgan fingerprint density at radius 2 is 1.92 bits per heavy atom. The molecule has 2 atom stereocenters. The number of benzene rings is 1. The molecule has 0 bridgehead atoms. The van der Waals surface area contributed by atoms with Crippen molar-refractivity contribution >= 4 is 29.1 Å². The molecule has 24 heavy (non-hydrogen) atoms. The number of alkyl halides is 1. The summed E-state index contributed by atoms with van der Waals surface area (Å²) < 4.78 is 2.13. The van der Waals surface area contributed by atoms with Gasteiger partial charge in [-0.15, -0.1) is 11.6 Å². The zero-order chi connectivity index (χ0) is 17.7. The molecule has 0 aliphatic heterocycles. The molecule has 1 aromatic heterocycles. The Kier molecular flexibility index (Phi) is 6.76. The Labute approximate surface area is 154 Å². The Bertz CT molecular complexity index is 682. The van der Waals surface area contributed by atoms with Gasteiger partial charge in [0.1, 0.15) is 5.38 Å². The third kappa shape index (κ3) is 4.55. The van der Waals surface area contributed by atoms with E-state index in [0.29, 0.717) is 13.1 Å². The summed E-state index contributed by atoms with van der Waals surface area (Å²) in [6.07, 6.45) is 2.91. The van der Waals surface area contributed by atoms with E-state index in [1.54, 1.807) is 6.92 Å². The predicted octanol–water partition coefficient (Wildman–Crippen LogP) is 4.94. The van der Waals surface area contributed by atoms with Gasteiger partial charge in [-0.1, -0.05) is 36.7 Å². The van der Waals surface area contributed by atoms with Crippen LogP contribution in [0.5, 0.6) is 0 Å². The van der Waals surface area contributed by atoms with Gasteiger partial charge in [-0.3, -0.25) is 4.79 Å². The number of carbonyl (C=O) groups excluding carboxylic acids is 1. The van der Waals surface area contributed by atoms with E-state index in [4.69, 9.17) is 23.2 Å². The fourth-order valence-electron chi connectivity index (χ4n) is 2.63. The Morgan fingerprint density at radius 1 is 1.21 bits per heavy atom. The normalized spacial score (nSPS) is 13.5. The molecule has 0 spiro atoms. The molecule has 0 fully saturated rings. The minimum Gasteiger partial charge on any atom is -0.345 e. The number of rotatable bonds is 7. The van der Waals surface area contributed by atoms with Crippen molar-refractivity contribution < 1.29 is 4.79 Å². The number of hydrogen-bond donors (Lipinski definition) is 0. The second-order valence-corrected chi connectivity index (χ2v) is 7.12. The van der Waals surface area contributed by atoms with Crippen molar-refractivity contribution in [2.24, 2.45) is 0 Å². The molecule has 1 amide bonds. The van der Waals surface area contributed by atoms with Crippen molar-refractivity contribution in [1.29, 1.82) is 0 Å². The maximum atomic E-state index is 12.5. The van der Waals surface area contributed by atoms with Gasteiger partial charge in [0.15, 0.2) is 0 Å². The van der Waals surface area contributed by atoms with Crippen LogP contribution in [0.25, 0.3) is 0 Å². The first-order valence-electron chi connectivity index (χ1n) is 8.26. The van der Waals surface area contributed by atoms with Crippen LogP contribution in [-0.4, -0.2) is 26.8 Å². The van der Waals surface area contributed by atoms with E-state index >= 15 is 0 Å². The lowest BCUT2D eigenvalue weighted by molar-refractivity contribution is -0.133. The van der Waals surface area contributed by atoms with Gasteiger partial charge in [0.25, 0.3) is 0 Å². The molecule has 1 heterocycles. The third-order valence-corrected chi connectivity index (χ3v) is 4.86. The molecule has 1 aromatic carbocycles. The molecule has 0 unspecified atom stereocenters. The minimum atomic E-state index is -0.522. The monoisotopic (exact) mass is 366 g/mol. The molecule has 5 heteroatoms. The van der Waals surface area contributed by atoms with Crippen LogP contribution in [-0.2, 0) is 17.9 Å². The standard InChI is InChI=1S/C19H24Cl2N2O/c1-4-14(2)23(19(24)15(3)20)13-17-9-7-11-22(17)12-16-8-5-6-10-18(16)21/h5-11,14-15H,4,12-13H2,1-3H3/t14-,15+/m0/s1. The summed E-state index contributed by atoms with van der Waals surface area (Å²) in [6, 6.07) is 12.0. The summed E-state index contributed by atoms with van der Waals surface area (Å²) in [5, 5.41) is 0.229. The summed E-state index contributed by atoms with van der Waals surface area (Å²) in [4.78, 5) is 14.3. The second kappa shape index (κ2) is 8.59. The lowest BCUT2D eigenvalue weighted by Gasteiger charge is -2.30. The Balaban J connectivity index is 2.22. The van der Waals surface area contributed by atoms with E-state index in [2.05, 4.69) is 18.4 Å². The molecule has 0 saturated carbocycles. The fraction of sp³-hybridized carbons (Fsp3) is 0.421. The third-order valence-electron chi connectivity index (χ3n) is 4.30. The van der Waals surface area contributed by atoms with E-state index in [-0.39, 0.29) is 11.9 Å². The molecular formula is C19H24Cl2N2O. The van der Waals surface area contributed by atoms with E-state index < -0.39 is 5.38 Å². The molecule has 0 N–H and O–H groups in total. The molecule has 0 aliphatic carbocycles. The van der Waals surface area contributed by atoms with Crippen molar-refractivity contribution in [2.45, 2.75) is 51.7 Å². The maximum Gasteiger partial charge on any atom is 0.240 e. The average molecular weight is 367 g/mol. The first kappa shape index (κ1) is 18.9. The van der Waals surface area contributed by atoms with Gasteiger partial charge in [0.2, 0.25) is 5.91 Å². The number of nitrogens with zero attached hydrogens (tertiary/aromatic N) is 2. The van der Waals surface area contributed by atoms with Gasteiger partial charge >= 0.3 is 0 Å². The maximum absolute atomic E-state index is 12.5. The Morgan fingerprint density at radius 3 is 2.54 bits per heavy atom. The highest BCUT2D eigenvalue weighted by Gasteiger charge is 2.23. The van der Waals surface area contributed by atoms with Crippen LogP contribution in [0, 0.1) is 0 Å². The zero-order valence-electron chi connectivity index (χ0n) is 14.4. The molecular weight excluding hydrogens is 343 g/mol. The second-order valence-electron chi connectivity index (χ2n) is 6.06. The molecule has 0 saturated heterocycles. The van der Waals surface area contributed by atoms with Crippen LogP contribution in [0.4, 0.5) is 0 Å². The van der Waals surface area contributed by atoms with Crippen LogP contribution >= 0.6 is 23.2 Å². The van der Waals surface area contributed by atoms with Crippen LogP contribution in [0.2, 0.25) is 5.02 Å². The molecule has 2 rings (SSSR count). The smallest absolute Gasteiger partial charge is 0.240 e. The van der Waals surface area contributed by atoms with E-state index in [1.807, 2.05) is 47.5 Å². The summed E-state index contributed by atoms with van der Waals surface area (Å²) in [5.41, 5.74) is 2.13. The summed E-state index contributed by atoms with van der Waals surface area (Å²) in [6.45, 7) is 7.08. The van der Waals surface area contributed by atoms with Crippen LogP contribution in [0.1, 0.15) is 38.4 Å². The van der Waals surface area contributed by atoms with Crippen molar-refractivity contribution in [2.75, 3.05) is 0 Å². The SMILES string of the molecule is CC[C@H](C)N(Cc1cccn1Cc1ccccc1Cl)C(=O)[C@@H](C)Cl. The van der Waals surface area contributed by atoms with Gasteiger partial charge in [0, 0.05) is 29.5 Å². The van der Waals surface area contributed by atoms with Crippen LogP contribution in [0.3, 0.4) is 0 Å². The summed E-state index contributed by atoms with van der Waals surface area (Å²) in [7, 11) is 0. The molecule has 0 aliphatic rings. The van der Waals surface area contributed by atoms with E-state index in [9.17, 15) is 4.79 Å². The summed E-state index contributed by atoms with van der Waals surface area (Å²) in [5.74, 6) is -0.0310. The summed E-state index contributed by atoms with van der Waals surface area (Å²) >= 11 is 12.3. The van der Waals surface area contributed by atoms with Crippen molar-refractivity contribution in [3.05, 3.63) is 58.9 Å². The van der Waals surface area contributed by atoms with Gasteiger partial charge in [0.05, 0.1) is 6.54 Å². The lowest BCUT2D eigenvalue weighted by Crippen LogP contribution is -2.41. The average Bonchev–Trinajstić information content (AvgIpc) is 3.00. The van der Waals surface area contributed by atoms with Crippen LogP contribution in [0.15, 0.2) is 42.6 Å². The zero-order valence-corrected chi connectivity index (χ0v) is 15.9. The first-order chi connectivity index (χ1) is 11.4. The molecule has 0 radical (unpaired) electrons. The van der Waals surface area contributed by atoms with Crippen molar-refractivity contribution in [3.63, 3.8) is 0 Å². The van der Waals surface area contributed by atoms with Crippen molar-refractivity contribution in [3.8, 4) is 0 Å². The number of carbonyl (C=O) groups is 1. The molecule has 2 aromatic rings. The molecule has 130 valence electrons. The van der Waals surface area contributed by atoms with Gasteiger partial charge in [-0.05, 0) is 44.0 Å². The van der Waals surface area contributed by atoms with Gasteiger partial charge in [-0.2, -0.15) is 0 Å². The number of halogens is 2. The quantitative estimate of drug-likeness (QED) is 0.636. The van der Waals surface area contributed by atoms with Gasteiger partial charge in [-0.25, -0.2) is 0 Å².